The molecular formula is C12H22N4O. The van der Waals surface area contributed by atoms with Crippen LogP contribution in [0.4, 0.5) is 0 Å². The largest absolute Gasteiger partial charge is 0.340 e. The molecule has 0 bridgehead atoms. The van der Waals surface area contributed by atoms with Crippen molar-refractivity contribution in [2.45, 2.75) is 45.1 Å². The summed E-state index contributed by atoms with van der Waals surface area (Å²) < 4.78 is 5.04. The van der Waals surface area contributed by atoms with Gasteiger partial charge in [0.05, 0.1) is 5.54 Å². The molecule has 1 atom stereocenters. The Morgan fingerprint density at radius 3 is 2.88 bits per heavy atom. The molecule has 1 aliphatic heterocycles. The van der Waals surface area contributed by atoms with Crippen LogP contribution < -0.4 is 5.73 Å². The lowest BCUT2D eigenvalue weighted by Crippen LogP contribution is -2.39. The van der Waals surface area contributed by atoms with Gasteiger partial charge in [-0.1, -0.05) is 12.1 Å². The number of nitrogens with zero attached hydrogens (tertiary/aromatic N) is 3. The number of hydrogen-bond donors (Lipinski definition) is 1. The number of likely N-dealkylation sites (tertiary alicyclic amines) is 1. The van der Waals surface area contributed by atoms with E-state index in [-0.39, 0.29) is 0 Å². The van der Waals surface area contributed by atoms with E-state index >= 15 is 0 Å². The van der Waals surface area contributed by atoms with E-state index in [0.717, 1.165) is 38.9 Å². The first-order valence-electron chi connectivity index (χ1n) is 6.46. The third-order valence-corrected chi connectivity index (χ3v) is 3.48. The summed E-state index contributed by atoms with van der Waals surface area (Å²) >= 11 is 0. The highest BCUT2D eigenvalue weighted by Gasteiger charge is 2.34. The third kappa shape index (κ3) is 2.84. The second kappa shape index (κ2) is 5.14. The van der Waals surface area contributed by atoms with E-state index in [4.69, 9.17) is 10.3 Å². The van der Waals surface area contributed by atoms with Crippen LogP contribution in [0.2, 0.25) is 0 Å². The van der Waals surface area contributed by atoms with Gasteiger partial charge < -0.3 is 15.2 Å². The number of aromatic nitrogens is 2. The first-order valence-corrected chi connectivity index (χ1v) is 6.46. The zero-order chi connectivity index (χ0) is 12.3. The summed E-state index contributed by atoms with van der Waals surface area (Å²) in [6.45, 7) is 7.33. The Kier molecular flexibility index (Phi) is 3.79. The van der Waals surface area contributed by atoms with Gasteiger partial charge in [-0.15, -0.1) is 0 Å². The molecule has 1 aromatic heterocycles. The van der Waals surface area contributed by atoms with Crippen LogP contribution in [0.25, 0.3) is 0 Å². The van der Waals surface area contributed by atoms with E-state index in [1.54, 1.807) is 6.92 Å². The van der Waals surface area contributed by atoms with Crippen molar-refractivity contribution in [3.63, 3.8) is 0 Å². The van der Waals surface area contributed by atoms with Crippen LogP contribution in [0.15, 0.2) is 4.52 Å². The maximum atomic E-state index is 6.44. The van der Waals surface area contributed by atoms with Crippen LogP contribution in [-0.4, -0.2) is 34.7 Å². The van der Waals surface area contributed by atoms with Crippen molar-refractivity contribution in [2.75, 3.05) is 19.6 Å². The van der Waals surface area contributed by atoms with Crippen molar-refractivity contribution in [3.05, 3.63) is 11.7 Å². The normalized spacial score (nSPS) is 27.0. The van der Waals surface area contributed by atoms with Crippen molar-refractivity contribution in [2.24, 2.45) is 5.73 Å². The van der Waals surface area contributed by atoms with E-state index in [2.05, 4.69) is 22.0 Å². The number of aryl methyl sites for hydroxylation is 1. The van der Waals surface area contributed by atoms with Gasteiger partial charge in [0.25, 0.3) is 0 Å². The minimum absolute atomic E-state index is 0.403. The standard InChI is InChI=1S/C12H22N4O/c1-3-7-16-8-4-5-12(13,6-9-16)11-14-10(2)17-15-11/h3-9,13H2,1-2H3. The van der Waals surface area contributed by atoms with E-state index in [0.29, 0.717) is 11.7 Å². The minimum atomic E-state index is -0.403. The second-order valence-electron chi connectivity index (χ2n) is 4.99. The molecule has 1 aliphatic rings. The molecule has 5 heteroatoms. The maximum Gasteiger partial charge on any atom is 0.223 e. The van der Waals surface area contributed by atoms with Gasteiger partial charge in [-0.2, -0.15) is 4.98 Å². The summed E-state index contributed by atoms with van der Waals surface area (Å²) in [6.07, 6.45) is 4.14. The molecule has 1 fully saturated rings. The van der Waals surface area contributed by atoms with Crippen LogP contribution >= 0.6 is 0 Å². The molecule has 0 spiro atoms. The van der Waals surface area contributed by atoms with Crippen molar-refractivity contribution in [3.8, 4) is 0 Å². The first-order chi connectivity index (χ1) is 8.14. The molecule has 0 amide bonds. The first kappa shape index (κ1) is 12.5. The Morgan fingerprint density at radius 1 is 1.41 bits per heavy atom. The van der Waals surface area contributed by atoms with Crippen molar-refractivity contribution in [1.82, 2.24) is 15.0 Å². The zero-order valence-corrected chi connectivity index (χ0v) is 10.8. The summed E-state index contributed by atoms with van der Waals surface area (Å²) in [4.78, 5) is 6.77. The fraction of sp³-hybridized carbons (Fsp3) is 0.833. The lowest BCUT2D eigenvalue weighted by Gasteiger charge is -2.24. The Bertz CT molecular complexity index is 365. The molecule has 0 aliphatic carbocycles. The third-order valence-electron chi connectivity index (χ3n) is 3.48. The van der Waals surface area contributed by atoms with Crippen molar-refractivity contribution < 1.29 is 4.52 Å². The quantitative estimate of drug-likeness (QED) is 0.862. The van der Waals surface area contributed by atoms with Crippen LogP contribution in [0.5, 0.6) is 0 Å². The van der Waals surface area contributed by atoms with Crippen LogP contribution in [0, 0.1) is 6.92 Å². The predicted molar refractivity (Wildman–Crippen MR) is 65.5 cm³/mol. The van der Waals surface area contributed by atoms with Gasteiger partial charge in [0.1, 0.15) is 0 Å². The summed E-state index contributed by atoms with van der Waals surface area (Å²) in [6, 6.07) is 0. The highest BCUT2D eigenvalue weighted by Crippen LogP contribution is 2.28. The number of rotatable bonds is 3. The molecule has 5 nitrogen and oxygen atoms in total. The lowest BCUT2D eigenvalue weighted by atomic mass is 9.91. The molecule has 0 saturated carbocycles. The highest BCUT2D eigenvalue weighted by molar-refractivity contribution is 5.04. The molecule has 0 aromatic carbocycles. The Morgan fingerprint density at radius 2 is 2.24 bits per heavy atom. The van der Waals surface area contributed by atoms with E-state index in [1.165, 1.54) is 6.42 Å². The molecule has 17 heavy (non-hydrogen) atoms. The molecule has 96 valence electrons. The van der Waals surface area contributed by atoms with Gasteiger partial charge >= 0.3 is 0 Å². The van der Waals surface area contributed by atoms with Crippen LogP contribution in [0.1, 0.15) is 44.3 Å². The molecule has 2 N–H and O–H groups in total. The van der Waals surface area contributed by atoms with Crippen molar-refractivity contribution >= 4 is 0 Å². The van der Waals surface area contributed by atoms with Gasteiger partial charge in [0, 0.05) is 13.5 Å². The summed E-state index contributed by atoms with van der Waals surface area (Å²) in [7, 11) is 0. The van der Waals surface area contributed by atoms with Crippen LogP contribution in [0.3, 0.4) is 0 Å². The van der Waals surface area contributed by atoms with Gasteiger partial charge in [-0.05, 0) is 38.8 Å². The molecule has 2 heterocycles. The summed E-state index contributed by atoms with van der Waals surface area (Å²) in [5, 5.41) is 3.99. The predicted octanol–water partition coefficient (Wildman–Crippen LogP) is 1.43. The Hall–Kier alpha value is -0.940. The van der Waals surface area contributed by atoms with E-state index in [9.17, 15) is 0 Å². The van der Waals surface area contributed by atoms with Gasteiger partial charge in [0.15, 0.2) is 5.82 Å². The van der Waals surface area contributed by atoms with Gasteiger partial charge in [-0.3, -0.25) is 0 Å². The maximum absolute atomic E-state index is 6.44. The fourth-order valence-electron chi connectivity index (χ4n) is 2.48. The van der Waals surface area contributed by atoms with Crippen molar-refractivity contribution in [1.29, 1.82) is 0 Å². The Labute approximate surface area is 102 Å². The summed E-state index contributed by atoms with van der Waals surface area (Å²) in [5.41, 5.74) is 6.04. The number of nitrogens with two attached hydrogens (primary N) is 1. The highest BCUT2D eigenvalue weighted by atomic mass is 16.5. The van der Waals surface area contributed by atoms with Crippen LogP contribution in [-0.2, 0) is 5.54 Å². The van der Waals surface area contributed by atoms with Gasteiger partial charge in [0.2, 0.25) is 5.89 Å². The zero-order valence-electron chi connectivity index (χ0n) is 10.8. The molecule has 2 rings (SSSR count). The average Bonchev–Trinajstić information content (AvgIpc) is 2.65. The lowest BCUT2D eigenvalue weighted by molar-refractivity contribution is 0.271. The minimum Gasteiger partial charge on any atom is -0.340 e. The smallest absolute Gasteiger partial charge is 0.223 e. The monoisotopic (exact) mass is 238 g/mol. The number of hydrogen-bond acceptors (Lipinski definition) is 5. The fourth-order valence-corrected chi connectivity index (χ4v) is 2.48. The Balaban J connectivity index is 2.06. The molecule has 1 saturated heterocycles. The second-order valence-corrected chi connectivity index (χ2v) is 4.99. The SMILES string of the molecule is CCCN1CCCC(N)(c2noc(C)n2)CC1. The summed E-state index contributed by atoms with van der Waals surface area (Å²) in [5.74, 6) is 1.27. The van der Waals surface area contributed by atoms with E-state index in [1.807, 2.05) is 0 Å². The topological polar surface area (TPSA) is 68.2 Å². The molecule has 1 aromatic rings. The molecule has 1 unspecified atom stereocenters. The average molecular weight is 238 g/mol. The molecule has 0 radical (unpaired) electrons. The van der Waals surface area contributed by atoms with E-state index < -0.39 is 5.54 Å². The molecular weight excluding hydrogens is 216 g/mol. The van der Waals surface area contributed by atoms with Gasteiger partial charge in [-0.25, -0.2) is 0 Å².